The average molecular weight is 417 g/mol. The summed E-state index contributed by atoms with van der Waals surface area (Å²) in [6, 6.07) is 9.22. The number of aromatic nitrogens is 1. The van der Waals surface area contributed by atoms with Crippen molar-refractivity contribution in [2.75, 3.05) is 4.72 Å². The van der Waals surface area contributed by atoms with Crippen molar-refractivity contribution in [3.8, 4) is 10.6 Å². The molecule has 1 N–H and O–H groups in total. The first kappa shape index (κ1) is 19.2. The van der Waals surface area contributed by atoms with Gasteiger partial charge in [0.1, 0.15) is 4.21 Å². The van der Waals surface area contributed by atoms with Crippen molar-refractivity contribution >= 4 is 27.0 Å². The van der Waals surface area contributed by atoms with Crippen LogP contribution in [0.5, 0.6) is 0 Å². The van der Waals surface area contributed by atoms with Gasteiger partial charge >= 0.3 is 0 Å². The quantitative estimate of drug-likeness (QED) is 0.557. The van der Waals surface area contributed by atoms with Gasteiger partial charge in [0.2, 0.25) is 0 Å². The summed E-state index contributed by atoms with van der Waals surface area (Å²) in [5, 5.41) is 0. The number of nitrogens with one attached hydrogen (secondary N) is 1. The normalized spacial score (nSPS) is 15.2. The Morgan fingerprint density at radius 3 is 2.75 bits per heavy atom. The third-order valence-corrected chi connectivity index (χ3v) is 8.23. The molecular formula is C21H24N2O3S2. The molecule has 0 bridgehead atoms. The van der Waals surface area contributed by atoms with Gasteiger partial charge in [-0.3, -0.25) is 4.72 Å². The fraction of sp³-hybridized carbons (Fsp3) is 0.381. The first-order valence-corrected chi connectivity index (χ1v) is 11.9. The van der Waals surface area contributed by atoms with Crippen LogP contribution >= 0.6 is 11.3 Å². The fourth-order valence-electron chi connectivity index (χ4n) is 3.71. The van der Waals surface area contributed by atoms with Gasteiger partial charge in [0, 0.05) is 5.92 Å². The largest absolute Gasteiger partial charge is 0.440 e. The third-order valence-electron chi connectivity index (χ3n) is 5.29. The molecular weight excluding hydrogens is 392 g/mol. The molecule has 0 atom stereocenters. The number of nitrogens with zero attached hydrogens (tertiary/aromatic N) is 1. The molecule has 0 radical (unpaired) electrons. The number of sulfonamides is 1. The molecule has 1 aromatic carbocycles. The highest BCUT2D eigenvalue weighted by Crippen LogP contribution is 2.37. The van der Waals surface area contributed by atoms with Crippen LogP contribution in [-0.4, -0.2) is 13.4 Å². The van der Waals surface area contributed by atoms with Crippen LogP contribution in [0.4, 0.5) is 5.69 Å². The summed E-state index contributed by atoms with van der Waals surface area (Å²) < 4.78 is 34.8. The first-order chi connectivity index (χ1) is 13.5. The molecule has 0 saturated heterocycles. The van der Waals surface area contributed by atoms with Crippen LogP contribution in [0.2, 0.25) is 0 Å². The molecule has 3 aromatic rings. The van der Waals surface area contributed by atoms with Gasteiger partial charge in [-0.2, -0.15) is 0 Å². The standard InChI is InChI=1S/C21H24N2O3S2/c1-3-15-10-6-7-14(2)20(15)23-28(24,25)19-12-11-18(27-19)17-13-22-21(26-17)16-8-4-5-9-16/h6-7,10-13,16,23H,3-5,8-9H2,1-2H3. The second-order valence-corrected chi connectivity index (χ2v) is 10.2. The average Bonchev–Trinajstić information content (AvgIpc) is 3.42. The highest BCUT2D eigenvalue weighted by Gasteiger charge is 2.24. The molecule has 1 saturated carbocycles. The third kappa shape index (κ3) is 3.73. The van der Waals surface area contributed by atoms with Crippen LogP contribution in [0.25, 0.3) is 10.6 Å². The van der Waals surface area contributed by atoms with Crippen LogP contribution in [0.1, 0.15) is 55.5 Å². The zero-order chi connectivity index (χ0) is 19.7. The predicted octanol–water partition coefficient (Wildman–Crippen LogP) is 5.73. The van der Waals surface area contributed by atoms with Crippen molar-refractivity contribution in [2.24, 2.45) is 0 Å². The zero-order valence-corrected chi connectivity index (χ0v) is 17.7. The zero-order valence-electron chi connectivity index (χ0n) is 16.1. The molecule has 1 aliphatic carbocycles. The summed E-state index contributed by atoms with van der Waals surface area (Å²) in [5.74, 6) is 1.81. The number of anilines is 1. The Morgan fingerprint density at radius 1 is 1.21 bits per heavy atom. The van der Waals surface area contributed by atoms with Gasteiger partial charge in [0.25, 0.3) is 10.0 Å². The van der Waals surface area contributed by atoms with E-state index in [0.29, 0.717) is 17.4 Å². The predicted molar refractivity (Wildman–Crippen MR) is 112 cm³/mol. The number of benzene rings is 1. The second kappa shape index (κ2) is 7.72. The van der Waals surface area contributed by atoms with Crippen LogP contribution in [-0.2, 0) is 16.4 Å². The lowest BCUT2D eigenvalue weighted by molar-refractivity contribution is 0.458. The summed E-state index contributed by atoms with van der Waals surface area (Å²) in [5.41, 5.74) is 2.57. The number of para-hydroxylation sites is 1. The maximum atomic E-state index is 12.9. The Balaban J connectivity index is 1.58. The van der Waals surface area contributed by atoms with E-state index in [-0.39, 0.29) is 4.21 Å². The topological polar surface area (TPSA) is 72.2 Å². The Bertz CT molecular complexity index is 1080. The van der Waals surface area contributed by atoms with Crippen molar-refractivity contribution in [2.45, 2.75) is 56.1 Å². The molecule has 28 heavy (non-hydrogen) atoms. The molecule has 2 aromatic heterocycles. The van der Waals surface area contributed by atoms with Crippen molar-refractivity contribution in [1.82, 2.24) is 4.98 Å². The van der Waals surface area contributed by atoms with Gasteiger partial charge in [-0.15, -0.1) is 11.3 Å². The summed E-state index contributed by atoms with van der Waals surface area (Å²) in [6.45, 7) is 3.93. The molecule has 0 aliphatic heterocycles. The maximum absolute atomic E-state index is 12.9. The molecule has 7 heteroatoms. The van der Waals surface area contributed by atoms with E-state index in [4.69, 9.17) is 4.42 Å². The van der Waals surface area contributed by atoms with Crippen molar-refractivity contribution < 1.29 is 12.8 Å². The van der Waals surface area contributed by atoms with Gasteiger partial charge in [0.05, 0.1) is 16.8 Å². The Hall–Kier alpha value is -2.12. The molecule has 1 aliphatic rings. The monoisotopic (exact) mass is 416 g/mol. The lowest BCUT2D eigenvalue weighted by Crippen LogP contribution is -2.13. The molecule has 4 rings (SSSR count). The molecule has 5 nitrogen and oxygen atoms in total. The Labute approximate surface area is 169 Å². The molecule has 0 amide bonds. The number of thiophene rings is 1. The van der Waals surface area contributed by atoms with Gasteiger partial charge in [-0.05, 0) is 49.4 Å². The first-order valence-electron chi connectivity index (χ1n) is 9.65. The van der Waals surface area contributed by atoms with E-state index in [0.717, 1.165) is 41.2 Å². The van der Waals surface area contributed by atoms with E-state index in [1.54, 1.807) is 18.3 Å². The Kier molecular flexibility index (Phi) is 5.29. The lowest BCUT2D eigenvalue weighted by Gasteiger charge is -2.13. The van der Waals surface area contributed by atoms with Gasteiger partial charge < -0.3 is 4.42 Å². The minimum absolute atomic E-state index is 0.270. The second-order valence-electron chi connectivity index (χ2n) is 7.23. The SMILES string of the molecule is CCc1cccc(C)c1NS(=O)(=O)c1ccc(-c2cnc(C3CCCC3)o2)s1. The van der Waals surface area contributed by atoms with Crippen molar-refractivity contribution in [1.29, 1.82) is 0 Å². The summed E-state index contributed by atoms with van der Waals surface area (Å²) in [7, 11) is -3.66. The van der Waals surface area contributed by atoms with Crippen LogP contribution in [0.15, 0.2) is 45.2 Å². The minimum Gasteiger partial charge on any atom is -0.440 e. The van der Waals surface area contributed by atoms with E-state index in [1.165, 1.54) is 24.2 Å². The van der Waals surface area contributed by atoms with E-state index >= 15 is 0 Å². The van der Waals surface area contributed by atoms with Gasteiger partial charge in [-0.1, -0.05) is 38.0 Å². The highest BCUT2D eigenvalue weighted by atomic mass is 32.2. The molecule has 2 heterocycles. The summed E-state index contributed by atoms with van der Waals surface area (Å²) >= 11 is 1.20. The fourth-order valence-corrected chi connectivity index (χ4v) is 6.14. The van der Waals surface area contributed by atoms with Crippen molar-refractivity contribution in [3.63, 3.8) is 0 Å². The van der Waals surface area contributed by atoms with E-state index in [1.807, 2.05) is 32.0 Å². The minimum atomic E-state index is -3.66. The Morgan fingerprint density at radius 2 is 2.00 bits per heavy atom. The number of oxazole rings is 1. The summed E-state index contributed by atoms with van der Waals surface area (Å²) in [4.78, 5) is 5.20. The van der Waals surface area contributed by atoms with Gasteiger partial charge in [0.15, 0.2) is 11.7 Å². The number of aryl methyl sites for hydroxylation is 2. The molecule has 0 unspecified atom stereocenters. The molecule has 1 fully saturated rings. The van der Waals surface area contributed by atoms with Crippen molar-refractivity contribution in [3.05, 3.63) is 53.5 Å². The van der Waals surface area contributed by atoms with Crippen LogP contribution in [0.3, 0.4) is 0 Å². The van der Waals surface area contributed by atoms with Crippen LogP contribution < -0.4 is 4.72 Å². The molecule has 0 spiro atoms. The summed E-state index contributed by atoms with van der Waals surface area (Å²) in [6.07, 6.45) is 7.13. The van der Waals surface area contributed by atoms with E-state index < -0.39 is 10.0 Å². The number of hydrogen-bond donors (Lipinski definition) is 1. The van der Waals surface area contributed by atoms with E-state index in [9.17, 15) is 8.42 Å². The lowest BCUT2D eigenvalue weighted by atomic mass is 10.1. The maximum Gasteiger partial charge on any atom is 0.271 e. The smallest absolute Gasteiger partial charge is 0.271 e. The number of rotatable bonds is 6. The number of hydrogen-bond acceptors (Lipinski definition) is 5. The van der Waals surface area contributed by atoms with E-state index in [2.05, 4.69) is 9.71 Å². The highest BCUT2D eigenvalue weighted by molar-refractivity contribution is 7.94. The molecule has 148 valence electrons. The van der Waals surface area contributed by atoms with Crippen LogP contribution in [0, 0.1) is 6.92 Å². The van der Waals surface area contributed by atoms with Gasteiger partial charge in [-0.25, -0.2) is 13.4 Å².